The van der Waals surface area contributed by atoms with Gasteiger partial charge in [0, 0.05) is 43.9 Å². The van der Waals surface area contributed by atoms with Gasteiger partial charge in [-0.15, -0.1) is 0 Å². The molecule has 1 aliphatic heterocycles. The molecule has 3 unspecified atom stereocenters. The van der Waals surface area contributed by atoms with Crippen molar-refractivity contribution in [2.24, 2.45) is 11.8 Å². The van der Waals surface area contributed by atoms with E-state index < -0.39 is 0 Å². The van der Waals surface area contributed by atoms with Crippen molar-refractivity contribution in [2.45, 2.75) is 51.1 Å². The van der Waals surface area contributed by atoms with Crippen LogP contribution in [0.25, 0.3) is 21.8 Å². The smallest absolute Gasteiger partial charge is 0.260 e. The SMILES string of the molecule is COc1cccc2c3c(=O)n(C4CC5CCC4C5)ccc3n(CCN3CCCCOCC3)c12. The summed E-state index contributed by atoms with van der Waals surface area (Å²) in [6.45, 7) is 5.52. The molecule has 2 aliphatic carbocycles. The van der Waals surface area contributed by atoms with Crippen molar-refractivity contribution in [3.63, 3.8) is 0 Å². The Labute approximate surface area is 195 Å². The molecule has 1 saturated heterocycles. The molecule has 0 spiro atoms. The molecule has 3 atom stereocenters. The summed E-state index contributed by atoms with van der Waals surface area (Å²) in [5, 5.41) is 1.87. The van der Waals surface area contributed by atoms with Gasteiger partial charge in [-0.25, -0.2) is 0 Å². The predicted octanol–water partition coefficient (Wildman–Crippen LogP) is 4.44. The number of nitrogens with zero attached hydrogens (tertiary/aromatic N) is 3. The zero-order chi connectivity index (χ0) is 22.4. The summed E-state index contributed by atoms with van der Waals surface area (Å²) >= 11 is 0. The summed E-state index contributed by atoms with van der Waals surface area (Å²) in [4.78, 5) is 16.4. The van der Waals surface area contributed by atoms with Gasteiger partial charge >= 0.3 is 0 Å². The van der Waals surface area contributed by atoms with Crippen LogP contribution in [0.5, 0.6) is 5.75 Å². The van der Waals surface area contributed by atoms with Gasteiger partial charge in [-0.3, -0.25) is 9.69 Å². The lowest BCUT2D eigenvalue weighted by Crippen LogP contribution is -2.33. The summed E-state index contributed by atoms with van der Waals surface area (Å²) in [6.07, 6.45) is 9.44. The maximum absolute atomic E-state index is 13.9. The number of para-hydroxylation sites is 1. The molecule has 0 N–H and O–H groups in total. The summed E-state index contributed by atoms with van der Waals surface area (Å²) in [5.41, 5.74) is 2.24. The van der Waals surface area contributed by atoms with Crippen molar-refractivity contribution < 1.29 is 9.47 Å². The molecule has 33 heavy (non-hydrogen) atoms. The van der Waals surface area contributed by atoms with Gasteiger partial charge < -0.3 is 18.6 Å². The van der Waals surface area contributed by atoms with Crippen LogP contribution in [0.3, 0.4) is 0 Å². The molecule has 2 bridgehead atoms. The Balaban J connectivity index is 1.42. The second-order valence-electron chi connectivity index (χ2n) is 10.2. The number of fused-ring (bicyclic) bond motifs is 5. The number of pyridine rings is 1. The van der Waals surface area contributed by atoms with Crippen molar-refractivity contribution in [1.29, 1.82) is 0 Å². The Hall–Kier alpha value is -2.31. The summed E-state index contributed by atoms with van der Waals surface area (Å²) in [7, 11) is 1.72. The van der Waals surface area contributed by atoms with Crippen LogP contribution in [-0.4, -0.2) is 54.0 Å². The second kappa shape index (κ2) is 8.80. The number of ether oxygens (including phenoxy) is 2. The molecule has 176 valence electrons. The Morgan fingerprint density at radius 2 is 2.00 bits per heavy atom. The molecule has 0 amide bonds. The topological polar surface area (TPSA) is 48.6 Å². The lowest BCUT2D eigenvalue weighted by Gasteiger charge is -2.25. The van der Waals surface area contributed by atoms with E-state index in [1.165, 1.54) is 25.7 Å². The van der Waals surface area contributed by atoms with Crippen molar-refractivity contribution >= 4 is 21.8 Å². The summed E-state index contributed by atoms with van der Waals surface area (Å²) < 4.78 is 15.9. The zero-order valence-electron chi connectivity index (χ0n) is 19.7. The Morgan fingerprint density at radius 1 is 1.06 bits per heavy atom. The van der Waals surface area contributed by atoms with Crippen LogP contribution in [-0.2, 0) is 11.3 Å². The summed E-state index contributed by atoms with van der Waals surface area (Å²) in [5.74, 6) is 2.32. The van der Waals surface area contributed by atoms with Crippen LogP contribution in [0, 0.1) is 11.8 Å². The van der Waals surface area contributed by atoms with E-state index in [4.69, 9.17) is 9.47 Å². The predicted molar refractivity (Wildman–Crippen MR) is 131 cm³/mol. The number of hydrogen-bond acceptors (Lipinski definition) is 4. The van der Waals surface area contributed by atoms with E-state index in [0.29, 0.717) is 12.0 Å². The fourth-order valence-corrected chi connectivity index (χ4v) is 6.76. The quantitative estimate of drug-likeness (QED) is 0.578. The highest BCUT2D eigenvalue weighted by Crippen LogP contribution is 2.50. The Morgan fingerprint density at radius 3 is 2.82 bits per heavy atom. The maximum Gasteiger partial charge on any atom is 0.260 e. The largest absolute Gasteiger partial charge is 0.495 e. The fourth-order valence-electron chi connectivity index (χ4n) is 6.76. The van der Waals surface area contributed by atoms with Crippen molar-refractivity contribution in [1.82, 2.24) is 14.0 Å². The van der Waals surface area contributed by atoms with Gasteiger partial charge in [0.05, 0.1) is 30.1 Å². The molecule has 2 aromatic heterocycles. The van der Waals surface area contributed by atoms with Gasteiger partial charge in [-0.2, -0.15) is 0 Å². The third-order valence-electron chi connectivity index (χ3n) is 8.41. The Kier molecular flexibility index (Phi) is 5.67. The first-order valence-corrected chi connectivity index (χ1v) is 12.7. The minimum Gasteiger partial charge on any atom is -0.495 e. The third-order valence-corrected chi connectivity index (χ3v) is 8.41. The standard InChI is InChI=1S/C27H35N3O3/c1-32-24-6-4-5-21-25-22(9-11-30(27(25)31)23-18-19-7-8-20(23)17-19)29(26(21)24)13-12-28-10-2-3-15-33-16-14-28/h4-6,9,11,19-20,23H,2-3,7-8,10,12-18H2,1H3. The van der Waals surface area contributed by atoms with E-state index in [9.17, 15) is 4.79 Å². The molecule has 3 fully saturated rings. The molecule has 2 saturated carbocycles. The van der Waals surface area contributed by atoms with E-state index in [0.717, 1.165) is 85.7 Å². The number of aromatic nitrogens is 2. The molecular weight excluding hydrogens is 414 g/mol. The molecule has 6 nitrogen and oxygen atoms in total. The van der Waals surface area contributed by atoms with E-state index >= 15 is 0 Å². The van der Waals surface area contributed by atoms with Crippen molar-refractivity contribution in [3.05, 3.63) is 40.8 Å². The van der Waals surface area contributed by atoms with Crippen LogP contribution in [0.2, 0.25) is 0 Å². The van der Waals surface area contributed by atoms with E-state index in [1.807, 2.05) is 12.1 Å². The minimum atomic E-state index is 0.168. The highest BCUT2D eigenvalue weighted by molar-refractivity contribution is 6.09. The number of methoxy groups -OCH3 is 1. The van der Waals surface area contributed by atoms with Crippen molar-refractivity contribution in [2.75, 3.05) is 40.0 Å². The van der Waals surface area contributed by atoms with Gasteiger partial charge in [-0.05, 0) is 62.6 Å². The first-order valence-electron chi connectivity index (χ1n) is 12.7. The maximum atomic E-state index is 13.9. The van der Waals surface area contributed by atoms with Crippen LogP contribution >= 0.6 is 0 Å². The lowest BCUT2D eigenvalue weighted by atomic mass is 9.95. The molecule has 6 rings (SSSR count). The molecule has 3 heterocycles. The molecular formula is C27H35N3O3. The average molecular weight is 450 g/mol. The lowest BCUT2D eigenvalue weighted by molar-refractivity contribution is 0.0796. The second-order valence-corrected chi connectivity index (χ2v) is 10.2. The highest BCUT2D eigenvalue weighted by Gasteiger charge is 2.41. The van der Waals surface area contributed by atoms with E-state index in [1.54, 1.807) is 7.11 Å². The first kappa shape index (κ1) is 21.2. The van der Waals surface area contributed by atoms with Crippen LogP contribution < -0.4 is 10.3 Å². The van der Waals surface area contributed by atoms with Crippen LogP contribution in [0.1, 0.15) is 44.6 Å². The van der Waals surface area contributed by atoms with Gasteiger partial charge in [0.2, 0.25) is 0 Å². The molecule has 1 aromatic carbocycles. The highest BCUT2D eigenvalue weighted by atomic mass is 16.5. The first-order chi connectivity index (χ1) is 16.2. The molecule has 3 aliphatic rings. The van der Waals surface area contributed by atoms with Gasteiger partial charge in [-0.1, -0.05) is 18.6 Å². The van der Waals surface area contributed by atoms with Gasteiger partial charge in [0.1, 0.15) is 5.75 Å². The van der Waals surface area contributed by atoms with E-state index in [-0.39, 0.29) is 5.56 Å². The zero-order valence-corrected chi connectivity index (χ0v) is 19.7. The fraction of sp³-hybridized carbons (Fsp3) is 0.593. The van der Waals surface area contributed by atoms with Gasteiger partial charge in [0.25, 0.3) is 5.56 Å². The van der Waals surface area contributed by atoms with Gasteiger partial charge in [0.15, 0.2) is 0 Å². The van der Waals surface area contributed by atoms with Crippen LogP contribution in [0.15, 0.2) is 35.3 Å². The molecule has 3 aromatic rings. The Bertz CT molecular complexity index is 1200. The summed E-state index contributed by atoms with van der Waals surface area (Å²) in [6, 6.07) is 8.65. The normalized spacial score (nSPS) is 26.2. The molecule has 0 radical (unpaired) electrons. The monoisotopic (exact) mass is 449 g/mol. The number of benzene rings is 1. The van der Waals surface area contributed by atoms with Crippen molar-refractivity contribution in [3.8, 4) is 5.75 Å². The molecule has 6 heteroatoms. The minimum absolute atomic E-state index is 0.168. The number of hydrogen-bond donors (Lipinski definition) is 0. The average Bonchev–Trinajstić information content (AvgIpc) is 3.52. The third kappa shape index (κ3) is 3.68. The van der Waals surface area contributed by atoms with Crippen LogP contribution in [0.4, 0.5) is 0 Å². The van der Waals surface area contributed by atoms with E-state index in [2.05, 4.69) is 32.4 Å². The number of rotatable bonds is 5.